The van der Waals surface area contributed by atoms with Gasteiger partial charge in [-0.25, -0.2) is 24.0 Å². The fourth-order valence-corrected chi connectivity index (χ4v) is 8.30. The second-order valence-corrected chi connectivity index (χ2v) is 17.7. The van der Waals surface area contributed by atoms with Gasteiger partial charge in [0.25, 0.3) is 35.4 Å². The second kappa shape index (κ2) is 27.6. The van der Waals surface area contributed by atoms with Crippen molar-refractivity contribution < 1.29 is 111 Å². The first-order chi connectivity index (χ1) is 39.2. The molecule has 11 N–H and O–H groups in total. The van der Waals surface area contributed by atoms with Crippen LogP contribution in [0.5, 0.6) is 0 Å². The summed E-state index contributed by atoms with van der Waals surface area (Å²) in [5.41, 5.74) is 15.7. The first kappa shape index (κ1) is 62.7. The SMILES string of the molecule is O=C(O)CCC(C(=O)O)[15N]1C(=O)c2ccccc2C1=O.O=C1CCC([15N]2C(=O)c3ccccc3C2=O)C(=O)O1.O=C1CCC([15N]2C(=O)c3ccccc3C2=O)C(=O)[15NH]1.O=C1OC(=O)c2ccccc21.[15NH2]C(CCC(=O)O)C(=O)O.[15NH2]C([15NH2])=O. The summed E-state index contributed by atoms with van der Waals surface area (Å²) >= 11 is 0. The predicted octanol–water partition coefficient (Wildman–Crippen LogP) is 0.487. The van der Waals surface area contributed by atoms with Gasteiger partial charge >= 0.3 is 53.8 Å². The summed E-state index contributed by atoms with van der Waals surface area (Å²) in [6, 6.07) is 20.1. The van der Waals surface area contributed by atoms with Crippen LogP contribution in [0.3, 0.4) is 0 Å². The Morgan fingerprint density at radius 2 is 0.843 bits per heavy atom. The number of carbonyl (C=O) groups excluding carboxylic acids is 13. The van der Waals surface area contributed by atoms with Gasteiger partial charge in [-0.1, -0.05) is 48.5 Å². The van der Waals surface area contributed by atoms with Crippen LogP contribution in [0.15, 0.2) is 97.1 Å². The number of nitrogens with two attached hydrogens (primary N) is 3. The number of nitrogens with zero attached hydrogens (tertiary/aromatic N) is 3. The zero-order valence-electron chi connectivity index (χ0n) is 42.8. The normalized spacial score (nSPS) is 17.7. The molecule has 0 radical (unpaired) electrons. The van der Waals surface area contributed by atoms with E-state index in [2.05, 4.69) is 26.3 Å². The maximum atomic E-state index is 12.2. The molecule has 0 aromatic heterocycles. The lowest BCUT2D eigenvalue weighted by Gasteiger charge is -2.27. The molecule has 4 aromatic rings. The van der Waals surface area contributed by atoms with Crippen LogP contribution in [0.2, 0.25) is 0 Å². The number of hydrogen-bond donors (Lipinski definition) is 8. The van der Waals surface area contributed by atoms with E-state index in [1.807, 2.05) is 0 Å². The number of rotatable bonds is 11. The largest absolute Gasteiger partial charge is 0.481 e. The zero-order chi connectivity index (χ0) is 61.6. The molecule has 4 aromatic carbocycles. The topological polar surface area (TPSA) is 489 Å². The number of fused-ring (bicyclic) bond motifs is 4. The average molecular weight is 1160 g/mol. The number of carboxylic acid groups (broad SMARTS) is 4. The predicted molar refractivity (Wildman–Crippen MR) is 272 cm³/mol. The van der Waals surface area contributed by atoms with Crippen molar-refractivity contribution in [3.8, 4) is 0 Å². The van der Waals surface area contributed by atoms with Crippen LogP contribution in [0.4, 0.5) is 4.79 Å². The average Bonchev–Trinajstić information content (AvgIpc) is 4.11. The fraction of sp³-hybridized carbons (Fsp3) is 0.226. The van der Waals surface area contributed by atoms with Gasteiger partial charge in [0.2, 0.25) is 11.8 Å². The van der Waals surface area contributed by atoms with Gasteiger partial charge in [-0.05, 0) is 74.2 Å². The number of piperidine rings is 1. The molecule has 0 saturated carbocycles. The summed E-state index contributed by atoms with van der Waals surface area (Å²) in [6.45, 7) is 0. The molecule has 10 rings (SSSR count). The van der Waals surface area contributed by atoms with Crippen molar-refractivity contribution in [2.75, 3.05) is 0 Å². The molecule has 0 aliphatic carbocycles. The fourth-order valence-electron chi connectivity index (χ4n) is 8.30. The molecule has 10 amide bonds. The summed E-state index contributed by atoms with van der Waals surface area (Å²) in [5.74, 6) is -11.7. The lowest BCUT2D eigenvalue weighted by Crippen LogP contribution is -2.54. The number of urea groups is 1. The molecule has 2 fully saturated rings. The maximum absolute atomic E-state index is 12.2. The van der Waals surface area contributed by atoms with Crippen molar-refractivity contribution in [2.24, 2.45) is 17.2 Å². The number of nitrogens with one attached hydrogen (secondary N) is 1. The number of esters is 4. The highest BCUT2D eigenvalue weighted by atomic mass is 16.6. The van der Waals surface area contributed by atoms with Gasteiger partial charge in [-0.3, -0.25) is 77.6 Å². The van der Waals surface area contributed by atoms with Crippen LogP contribution >= 0.6 is 0 Å². The van der Waals surface area contributed by atoms with Crippen molar-refractivity contribution >= 4 is 101 Å². The number of carboxylic acids is 4. The summed E-state index contributed by atoms with van der Waals surface area (Å²) in [4.78, 5) is 193. The van der Waals surface area contributed by atoms with Gasteiger partial charge in [0, 0.05) is 25.7 Å². The molecular weight excluding hydrogens is 1110 g/mol. The minimum atomic E-state index is -1.47. The standard InChI is InChI=1S/C13H10N2O4.C13H11NO6.C13H9NO5.C8H4O3.C5H9NO4.CH4N2O/c16-10-6-5-9(11(17)14-10)15-12(18)7-3-1-2-4-8(7)13(15)19;15-10(16)6-5-9(13(19)20)14-11(17)7-3-1-2-4-8(7)12(14)18;15-10-6-5-9(13(18)19-10)14-11(16)7-3-1-2-4-8(7)12(14)17;9-7-5-3-1-2-4-6(5)8(10)11-7;6-3(5(9)10)1-2-4(7)8;2-1(3)4/h1-4,9H,5-6H2,(H,14,16,17);1-4,9H,5-6H2,(H,15,16)(H,19,20);1-4,9H,5-6H2;1-4H;3H,1-2,6H2,(H,7,8)(H,9,10);(H4,2,3,4)/i14+1,15+1;2*14+1;;6+1;2+1,3+1. The van der Waals surface area contributed by atoms with Crippen LogP contribution in [0.25, 0.3) is 0 Å². The van der Waals surface area contributed by atoms with Crippen molar-refractivity contribution in [1.29, 1.82) is 0 Å². The highest BCUT2D eigenvalue weighted by Gasteiger charge is 2.47. The van der Waals surface area contributed by atoms with Gasteiger partial charge in [0.1, 0.15) is 24.2 Å². The van der Waals surface area contributed by atoms with E-state index in [0.29, 0.717) is 27.2 Å². The van der Waals surface area contributed by atoms with Crippen LogP contribution in [0, 0.1) is 0 Å². The minimum absolute atomic E-state index is 0.0177. The molecule has 0 bridgehead atoms. The number of amides is 10. The van der Waals surface area contributed by atoms with Crippen LogP contribution in [0.1, 0.15) is 134 Å². The summed E-state index contributed by atoms with van der Waals surface area (Å²) in [5, 5.41) is 36.2. The number of primary amides is 2. The van der Waals surface area contributed by atoms with Gasteiger partial charge < -0.3 is 47.1 Å². The molecule has 432 valence electrons. The number of ether oxygens (including phenoxy) is 2. The third-order valence-corrected chi connectivity index (χ3v) is 12.2. The molecule has 83 heavy (non-hydrogen) atoms. The lowest BCUT2D eigenvalue weighted by molar-refractivity contribution is -0.167. The zero-order valence-corrected chi connectivity index (χ0v) is 42.8. The number of imide groups is 4. The van der Waals surface area contributed by atoms with Crippen molar-refractivity contribution in [3.63, 3.8) is 0 Å². The third-order valence-electron chi connectivity index (χ3n) is 12.2. The maximum Gasteiger partial charge on any atom is 0.346 e. The quantitative estimate of drug-likeness (QED) is 0.0438. The van der Waals surface area contributed by atoms with Crippen molar-refractivity contribution in [2.45, 2.75) is 75.5 Å². The van der Waals surface area contributed by atoms with Gasteiger partial charge in [-0.2, -0.15) is 0 Å². The molecule has 2 saturated heterocycles. The Hall–Kier alpha value is -11.2. The summed E-state index contributed by atoms with van der Waals surface area (Å²) in [6.07, 6.45) is -0.550. The van der Waals surface area contributed by atoms with E-state index in [-0.39, 0.29) is 73.1 Å². The Morgan fingerprint density at radius 1 is 0.494 bits per heavy atom. The molecule has 6 aliphatic rings. The molecule has 30 nitrogen and oxygen atoms in total. The Kier molecular flexibility index (Phi) is 20.9. The molecule has 4 atom stereocenters. The Balaban J connectivity index is 0.000000191. The highest BCUT2D eigenvalue weighted by molar-refractivity contribution is 6.25. The Bertz CT molecular complexity index is 3160. The molecular formula is C53H47N7O23. The molecule has 6 aliphatic heterocycles. The van der Waals surface area contributed by atoms with Gasteiger partial charge in [0.15, 0.2) is 0 Å². The molecule has 30 heteroatoms. The number of cyclic esters (lactones) is 4. The smallest absolute Gasteiger partial charge is 0.346 e. The van der Waals surface area contributed by atoms with Gasteiger partial charge in [0.05, 0.1) is 44.5 Å². The van der Waals surface area contributed by atoms with Crippen molar-refractivity contribution in [1.82, 2.24) is 20.0 Å². The summed E-state index contributed by atoms with van der Waals surface area (Å²) < 4.78 is 8.84. The van der Waals surface area contributed by atoms with E-state index in [1.165, 1.54) is 24.3 Å². The van der Waals surface area contributed by atoms with E-state index >= 15 is 0 Å². The van der Waals surface area contributed by atoms with E-state index in [9.17, 15) is 76.7 Å². The van der Waals surface area contributed by atoms with Gasteiger partial charge in [-0.15, -0.1) is 0 Å². The monoisotopic (exact) mass is 1160 g/mol. The molecule has 4 unspecified atom stereocenters. The first-order valence-corrected chi connectivity index (χ1v) is 24.2. The number of aliphatic carboxylic acids is 4. The number of carbonyl (C=O) groups is 17. The third kappa shape index (κ3) is 15.1. The molecule has 6 heterocycles. The highest BCUT2D eigenvalue weighted by Crippen LogP contribution is 2.30. The lowest BCUT2D eigenvalue weighted by atomic mass is 10.1. The first-order valence-electron chi connectivity index (χ1n) is 24.2. The van der Waals surface area contributed by atoms with E-state index < -0.39 is 126 Å². The second-order valence-electron chi connectivity index (χ2n) is 17.7. The number of benzene rings is 4. The Labute approximate surface area is 465 Å². The van der Waals surface area contributed by atoms with Crippen molar-refractivity contribution in [3.05, 3.63) is 142 Å². The minimum Gasteiger partial charge on any atom is -0.481 e. The van der Waals surface area contributed by atoms with Crippen LogP contribution in [-0.4, -0.2) is 160 Å². The Morgan fingerprint density at radius 3 is 1.19 bits per heavy atom. The van der Waals surface area contributed by atoms with E-state index in [1.54, 1.807) is 72.8 Å². The van der Waals surface area contributed by atoms with Crippen LogP contribution < -0.4 is 22.5 Å². The summed E-state index contributed by atoms with van der Waals surface area (Å²) in [7, 11) is 0. The van der Waals surface area contributed by atoms with E-state index in [0.717, 1.165) is 9.80 Å². The van der Waals surface area contributed by atoms with E-state index in [4.69, 9.17) is 31.0 Å². The number of hydrogen-bond acceptors (Lipinski definition) is 20. The molecule has 0 spiro atoms. The van der Waals surface area contributed by atoms with Crippen LogP contribution in [-0.2, 0) is 47.8 Å².